The number of hydrogen-bond acceptors (Lipinski definition) is 6. The van der Waals surface area contributed by atoms with E-state index in [-0.39, 0.29) is 22.6 Å². The number of nitrogens with zero attached hydrogens (tertiary/aromatic N) is 1. The Morgan fingerprint density at radius 3 is 2.50 bits per heavy atom. The van der Waals surface area contributed by atoms with Gasteiger partial charge < -0.3 is 13.9 Å². The van der Waals surface area contributed by atoms with Crippen LogP contribution in [0.5, 0.6) is 11.5 Å². The van der Waals surface area contributed by atoms with Crippen molar-refractivity contribution in [2.45, 2.75) is 0 Å². The molecule has 3 rings (SSSR count). The highest BCUT2D eigenvalue weighted by Gasteiger charge is 2.20. The van der Waals surface area contributed by atoms with E-state index >= 15 is 0 Å². The lowest BCUT2D eigenvalue weighted by atomic mass is 10.1. The highest BCUT2D eigenvalue weighted by molar-refractivity contribution is 5.87. The number of fused-ring (bicyclic) bond motifs is 1. The zero-order chi connectivity index (χ0) is 17.3. The van der Waals surface area contributed by atoms with E-state index in [9.17, 15) is 14.9 Å². The molecule has 0 saturated carbocycles. The Morgan fingerprint density at radius 1 is 1.08 bits per heavy atom. The van der Waals surface area contributed by atoms with Crippen LogP contribution in [0.25, 0.3) is 22.3 Å². The van der Waals surface area contributed by atoms with Gasteiger partial charge in [-0.1, -0.05) is 18.2 Å². The van der Waals surface area contributed by atoms with Gasteiger partial charge in [-0.05, 0) is 12.1 Å². The van der Waals surface area contributed by atoms with E-state index in [0.29, 0.717) is 16.9 Å². The lowest BCUT2D eigenvalue weighted by molar-refractivity contribution is -0.384. The molecule has 0 unspecified atom stereocenters. The topological polar surface area (TPSA) is 91.8 Å². The highest BCUT2D eigenvalue weighted by Crippen LogP contribution is 2.34. The van der Waals surface area contributed by atoms with Crippen LogP contribution in [-0.2, 0) is 0 Å². The van der Waals surface area contributed by atoms with Gasteiger partial charge in [0.1, 0.15) is 16.7 Å². The van der Waals surface area contributed by atoms with Gasteiger partial charge >= 0.3 is 0 Å². The maximum Gasteiger partial charge on any atom is 0.270 e. The van der Waals surface area contributed by atoms with Gasteiger partial charge in [0, 0.05) is 17.7 Å². The Balaban J connectivity index is 2.35. The van der Waals surface area contributed by atoms with Crippen LogP contribution < -0.4 is 14.9 Å². The molecule has 0 aliphatic rings. The maximum atomic E-state index is 12.8. The van der Waals surface area contributed by atoms with Crippen LogP contribution in [0.3, 0.4) is 0 Å². The second-order valence-electron chi connectivity index (χ2n) is 4.93. The van der Waals surface area contributed by atoms with Crippen LogP contribution >= 0.6 is 0 Å². The summed E-state index contributed by atoms with van der Waals surface area (Å²) in [6, 6.07) is 10.8. The van der Waals surface area contributed by atoms with Crippen molar-refractivity contribution < 1.29 is 18.8 Å². The summed E-state index contributed by atoms with van der Waals surface area (Å²) in [4.78, 5) is 23.2. The van der Waals surface area contributed by atoms with Crippen LogP contribution in [-0.4, -0.2) is 19.1 Å². The van der Waals surface area contributed by atoms with Crippen molar-refractivity contribution >= 4 is 16.7 Å². The predicted molar refractivity (Wildman–Crippen MR) is 87.7 cm³/mol. The van der Waals surface area contributed by atoms with Crippen molar-refractivity contribution in [1.82, 2.24) is 0 Å². The minimum Gasteiger partial charge on any atom is -0.496 e. The fourth-order valence-corrected chi connectivity index (χ4v) is 2.50. The number of ether oxygens (including phenoxy) is 2. The van der Waals surface area contributed by atoms with E-state index in [2.05, 4.69) is 0 Å². The quantitative estimate of drug-likeness (QED) is 0.539. The van der Waals surface area contributed by atoms with Crippen LogP contribution in [0.15, 0.2) is 51.7 Å². The SMILES string of the molecule is COc1c(-c2cccc([N+](=O)[O-])c2)oc2cccc(OC)c2c1=O. The summed E-state index contributed by atoms with van der Waals surface area (Å²) >= 11 is 0. The third-order valence-corrected chi connectivity index (χ3v) is 3.58. The molecule has 0 fully saturated rings. The monoisotopic (exact) mass is 327 g/mol. The summed E-state index contributed by atoms with van der Waals surface area (Å²) in [5.74, 6) is 0.463. The van der Waals surface area contributed by atoms with E-state index < -0.39 is 10.4 Å². The Hall–Kier alpha value is -3.35. The van der Waals surface area contributed by atoms with Gasteiger partial charge in [-0.25, -0.2) is 0 Å². The van der Waals surface area contributed by atoms with Crippen LogP contribution in [0, 0.1) is 10.1 Å². The van der Waals surface area contributed by atoms with E-state index in [4.69, 9.17) is 13.9 Å². The third-order valence-electron chi connectivity index (χ3n) is 3.58. The average Bonchev–Trinajstić information content (AvgIpc) is 2.61. The number of nitro benzene ring substituents is 1. The van der Waals surface area contributed by atoms with Gasteiger partial charge in [0.15, 0.2) is 5.76 Å². The Kier molecular flexibility index (Phi) is 3.91. The maximum absolute atomic E-state index is 12.8. The second kappa shape index (κ2) is 6.04. The molecule has 0 bridgehead atoms. The zero-order valence-electron chi connectivity index (χ0n) is 12.9. The molecule has 0 N–H and O–H groups in total. The predicted octanol–water partition coefficient (Wildman–Crippen LogP) is 3.39. The highest BCUT2D eigenvalue weighted by atomic mass is 16.6. The molecule has 0 spiro atoms. The summed E-state index contributed by atoms with van der Waals surface area (Å²) in [7, 11) is 2.80. The van der Waals surface area contributed by atoms with Crippen molar-refractivity contribution in [2.24, 2.45) is 0 Å². The molecule has 0 aliphatic heterocycles. The molecule has 7 nitrogen and oxygen atoms in total. The molecule has 122 valence electrons. The molecule has 7 heteroatoms. The molecule has 1 aromatic heterocycles. The first kappa shape index (κ1) is 15.5. The average molecular weight is 327 g/mol. The number of rotatable bonds is 4. The Morgan fingerprint density at radius 2 is 1.83 bits per heavy atom. The Bertz CT molecular complexity index is 992. The number of non-ortho nitro benzene ring substituents is 1. The molecule has 0 radical (unpaired) electrons. The zero-order valence-corrected chi connectivity index (χ0v) is 12.9. The summed E-state index contributed by atoms with van der Waals surface area (Å²) in [6.45, 7) is 0. The third kappa shape index (κ3) is 2.45. The van der Waals surface area contributed by atoms with Crippen molar-refractivity contribution in [2.75, 3.05) is 14.2 Å². The first-order valence-corrected chi connectivity index (χ1v) is 6.99. The molecular weight excluding hydrogens is 314 g/mol. The van der Waals surface area contributed by atoms with Gasteiger partial charge in [0.25, 0.3) is 5.69 Å². The minimum absolute atomic E-state index is 0.0347. The molecule has 0 saturated heterocycles. The molecule has 24 heavy (non-hydrogen) atoms. The molecule has 0 amide bonds. The van der Waals surface area contributed by atoms with Gasteiger partial charge in [0.05, 0.1) is 19.1 Å². The standard InChI is InChI=1S/C17H13NO6/c1-22-12-7-4-8-13-14(12)15(19)17(23-2)16(24-13)10-5-3-6-11(9-10)18(20)21/h3-9H,1-2H3. The van der Waals surface area contributed by atoms with Gasteiger partial charge in [-0.15, -0.1) is 0 Å². The molecular formula is C17H13NO6. The Labute approximate surface area is 136 Å². The van der Waals surface area contributed by atoms with Crippen molar-refractivity contribution in [1.29, 1.82) is 0 Å². The lowest BCUT2D eigenvalue weighted by Crippen LogP contribution is -2.08. The van der Waals surface area contributed by atoms with E-state index in [1.54, 1.807) is 24.3 Å². The van der Waals surface area contributed by atoms with E-state index in [0.717, 1.165) is 0 Å². The van der Waals surface area contributed by atoms with E-state index in [1.165, 1.54) is 32.4 Å². The van der Waals surface area contributed by atoms with Crippen LogP contribution in [0.2, 0.25) is 0 Å². The van der Waals surface area contributed by atoms with Crippen molar-refractivity contribution in [3.05, 3.63) is 62.8 Å². The number of nitro groups is 1. The fraction of sp³-hybridized carbons (Fsp3) is 0.118. The van der Waals surface area contributed by atoms with E-state index in [1.807, 2.05) is 0 Å². The summed E-state index contributed by atoms with van der Waals surface area (Å²) in [5.41, 5.74) is 0.171. The van der Waals surface area contributed by atoms with Crippen LogP contribution in [0.1, 0.15) is 0 Å². The van der Waals surface area contributed by atoms with Crippen molar-refractivity contribution in [3.8, 4) is 22.8 Å². The smallest absolute Gasteiger partial charge is 0.270 e. The first-order chi connectivity index (χ1) is 11.6. The number of hydrogen-bond donors (Lipinski definition) is 0. The molecule has 1 heterocycles. The molecule has 0 aliphatic carbocycles. The normalized spacial score (nSPS) is 10.6. The number of benzene rings is 2. The largest absolute Gasteiger partial charge is 0.496 e. The molecule has 0 atom stereocenters. The van der Waals surface area contributed by atoms with Crippen molar-refractivity contribution in [3.63, 3.8) is 0 Å². The summed E-state index contributed by atoms with van der Waals surface area (Å²) in [5, 5.41) is 11.2. The minimum atomic E-state index is -0.516. The lowest BCUT2D eigenvalue weighted by Gasteiger charge is -2.10. The molecule has 2 aromatic carbocycles. The fourth-order valence-electron chi connectivity index (χ4n) is 2.50. The molecule has 3 aromatic rings. The summed E-state index contributed by atoms with van der Waals surface area (Å²) < 4.78 is 16.2. The van der Waals surface area contributed by atoms with Gasteiger partial charge in [0.2, 0.25) is 11.2 Å². The van der Waals surface area contributed by atoms with Gasteiger partial charge in [-0.3, -0.25) is 14.9 Å². The first-order valence-electron chi connectivity index (χ1n) is 6.99. The summed E-state index contributed by atoms with van der Waals surface area (Å²) in [6.07, 6.45) is 0. The second-order valence-corrected chi connectivity index (χ2v) is 4.93. The number of methoxy groups -OCH3 is 2. The van der Waals surface area contributed by atoms with Gasteiger partial charge in [-0.2, -0.15) is 0 Å². The van der Waals surface area contributed by atoms with Crippen LogP contribution in [0.4, 0.5) is 5.69 Å².